The van der Waals surface area contributed by atoms with Gasteiger partial charge < -0.3 is 4.90 Å². The van der Waals surface area contributed by atoms with Crippen LogP contribution in [0.3, 0.4) is 0 Å². The van der Waals surface area contributed by atoms with Crippen molar-refractivity contribution in [3.05, 3.63) is 105 Å². The van der Waals surface area contributed by atoms with E-state index in [1.165, 1.54) is 0 Å². The minimum atomic E-state index is -0.475. The number of para-hydroxylation sites is 1. The Morgan fingerprint density at radius 3 is 2.40 bits per heavy atom. The van der Waals surface area contributed by atoms with Gasteiger partial charge in [-0.1, -0.05) is 74.3 Å². The zero-order chi connectivity index (χ0) is 25.1. The van der Waals surface area contributed by atoms with Gasteiger partial charge in [-0.25, -0.2) is 4.98 Å². The maximum atomic E-state index is 13.8. The molecule has 1 amide bonds. The van der Waals surface area contributed by atoms with Crippen LogP contribution in [0.15, 0.2) is 77.6 Å². The van der Waals surface area contributed by atoms with Gasteiger partial charge in [-0.05, 0) is 54.8 Å². The lowest BCUT2D eigenvalue weighted by molar-refractivity contribution is 0.0631. The first kappa shape index (κ1) is 25.0. The van der Waals surface area contributed by atoms with Gasteiger partial charge in [0.1, 0.15) is 5.82 Å². The Labute approximate surface area is 214 Å². The van der Waals surface area contributed by atoms with Gasteiger partial charge in [-0.15, -0.1) is 0 Å². The summed E-state index contributed by atoms with van der Waals surface area (Å²) in [5.74, 6) is 0.470. The quantitative estimate of drug-likeness (QED) is 0.272. The van der Waals surface area contributed by atoms with E-state index in [1.54, 1.807) is 58.0 Å². The number of halogens is 2. The molecular weight excluding hydrogens is 481 g/mol. The third-order valence-electron chi connectivity index (χ3n) is 5.86. The van der Waals surface area contributed by atoms with Crippen LogP contribution in [0.25, 0.3) is 16.6 Å². The first-order valence-corrected chi connectivity index (χ1v) is 12.4. The molecule has 0 aliphatic rings. The number of hydrogen-bond acceptors (Lipinski definition) is 3. The van der Waals surface area contributed by atoms with Crippen molar-refractivity contribution in [1.29, 1.82) is 0 Å². The second-order valence-electron chi connectivity index (χ2n) is 8.86. The fraction of sp³-hybridized carbons (Fsp3) is 0.250. The first-order chi connectivity index (χ1) is 16.8. The Kier molecular flexibility index (Phi) is 7.58. The van der Waals surface area contributed by atoms with Gasteiger partial charge in [-0.2, -0.15) is 0 Å². The molecule has 0 saturated carbocycles. The normalized spacial score (nSPS) is 12.2. The van der Waals surface area contributed by atoms with Crippen LogP contribution in [-0.4, -0.2) is 26.9 Å². The smallest absolute Gasteiger partial charge is 0.266 e. The van der Waals surface area contributed by atoms with Gasteiger partial charge in [0.15, 0.2) is 0 Å². The number of fused-ring (bicyclic) bond motifs is 1. The third kappa shape index (κ3) is 5.12. The van der Waals surface area contributed by atoms with Crippen LogP contribution in [-0.2, 0) is 0 Å². The summed E-state index contributed by atoms with van der Waals surface area (Å²) in [5, 5.41) is 1.39. The fourth-order valence-corrected chi connectivity index (χ4v) is 4.72. The lowest BCUT2D eigenvalue weighted by Crippen LogP contribution is -2.40. The van der Waals surface area contributed by atoms with Crippen LogP contribution in [0.2, 0.25) is 10.0 Å². The molecule has 0 spiro atoms. The molecule has 0 saturated heterocycles. The van der Waals surface area contributed by atoms with Gasteiger partial charge in [0.05, 0.1) is 33.2 Å². The summed E-state index contributed by atoms with van der Waals surface area (Å²) >= 11 is 12.7. The molecule has 0 bridgehead atoms. The highest BCUT2D eigenvalue weighted by Crippen LogP contribution is 2.30. The van der Waals surface area contributed by atoms with E-state index in [0.717, 1.165) is 0 Å². The SMILES string of the molecule is CCC(c1nc2ccccc2c(=O)n1-c1cccc(Cl)c1)N(CC(C)C)C(=O)c1ccccc1Cl. The monoisotopic (exact) mass is 507 g/mol. The number of aromatic nitrogens is 2. The number of nitrogens with zero attached hydrogens (tertiary/aromatic N) is 3. The molecule has 4 aromatic rings. The number of amides is 1. The molecule has 35 heavy (non-hydrogen) atoms. The number of hydrogen-bond donors (Lipinski definition) is 0. The van der Waals surface area contributed by atoms with Crippen molar-refractivity contribution >= 4 is 40.0 Å². The van der Waals surface area contributed by atoms with E-state index >= 15 is 0 Å². The maximum absolute atomic E-state index is 13.8. The van der Waals surface area contributed by atoms with E-state index in [2.05, 4.69) is 13.8 Å². The number of benzene rings is 3. The van der Waals surface area contributed by atoms with E-state index in [0.29, 0.717) is 51.0 Å². The standard InChI is InChI=1S/C28H27Cl2N3O2/c1-4-25(32(17-18(2)3)27(34)21-12-5-7-14-23(21)30)26-31-24-15-8-6-13-22(24)28(35)33(26)20-11-9-10-19(29)16-20/h5-16,18,25H,4,17H2,1-3H3. The van der Waals surface area contributed by atoms with Crippen LogP contribution in [0.5, 0.6) is 0 Å². The Morgan fingerprint density at radius 2 is 1.71 bits per heavy atom. The average molecular weight is 508 g/mol. The molecule has 3 aromatic carbocycles. The molecule has 1 unspecified atom stereocenters. The zero-order valence-corrected chi connectivity index (χ0v) is 21.4. The molecule has 180 valence electrons. The molecule has 1 aromatic heterocycles. The molecule has 4 rings (SSSR count). The van der Waals surface area contributed by atoms with Crippen molar-refractivity contribution in [1.82, 2.24) is 14.5 Å². The molecule has 0 fully saturated rings. The molecule has 0 aliphatic heterocycles. The van der Waals surface area contributed by atoms with E-state index in [-0.39, 0.29) is 17.4 Å². The van der Waals surface area contributed by atoms with Crippen molar-refractivity contribution in [3.63, 3.8) is 0 Å². The lowest BCUT2D eigenvalue weighted by Gasteiger charge is -2.34. The van der Waals surface area contributed by atoms with Gasteiger partial charge in [0.25, 0.3) is 11.5 Å². The highest BCUT2D eigenvalue weighted by molar-refractivity contribution is 6.33. The van der Waals surface area contributed by atoms with E-state index < -0.39 is 6.04 Å². The topological polar surface area (TPSA) is 55.2 Å². The third-order valence-corrected chi connectivity index (χ3v) is 6.42. The predicted molar refractivity (Wildman–Crippen MR) is 143 cm³/mol. The van der Waals surface area contributed by atoms with Crippen molar-refractivity contribution in [2.75, 3.05) is 6.54 Å². The second kappa shape index (κ2) is 10.6. The van der Waals surface area contributed by atoms with Crippen molar-refractivity contribution in [2.45, 2.75) is 33.2 Å². The van der Waals surface area contributed by atoms with Crippen molar-refractivity contribution < 1.29 is 4.79 Å². The van der Waals surface area contributed by atoms with E-state index in [9.17, 15) is 9.59 Å². The summed E-state index contributed by atoms with van der Waals surface area (Å²) in [4.78, 5) is 34.3. The second-order valence-corrected chi connectivity index (χ2v) is 9.71. The van der Waals surface area contributed by atoms with Crippen LogP contribution in [0.1, 0.15) is 49.4 Å². The highest BCUT2D eigenvalue weighted by Gasteiger charge is 2.31. The summed E-state index contributed by atoms with van der Waals surface area (Å²) in [6, 6.07) is 20.9. The fourth-order valence-electron chi connectivity index (χ4n) is 4.31. The lowest BCUT2D eigenvalue weighted by atomic mass is 10.1. The molecular formula is C28H27Cl2N3O2. The Bertz CT molecular complexity index is 1430. The summed E-state index contributed by atoms with van der Waals surface area (Å²) in [6.07, 6.45) is 0.550. The highest BCUT2D eigenvalue weighted by atomic mass is 35.5. The average Bonchev–Trinajstić information content (AvgIpc) is 2.84. The largest absolute Gasteiger partial charge is 0.328 e. The van der Waals surface area contributed by atoms with Crippen LogP contribution in [0.4, 0.5) is 0 Å². The molecule has 0 aliphatic carbocycles. The number of carbonyl (C=O) groups is 1. The van der Waals surface area contributed by atoms with E-state index in [1.807, 2.05) is 31.2 Å². The number of carbonyl (C=O) groups excluding carboxylic acids is 1. The molecule has 7 heteroatoms. The summed E-state index contributed by atoms with van der Waals surface area (Å²) < 4.78 is 1.58. The summed E-state index contributed by atoms with van der Waals surface area (Å²) in [6.45, 7) is 6.57. The first-order valence-electron chi connectivity index (χ1n) is 11.6. The predicted octanol–water partition coefficient (Wildman–Crippen LogP) is 6.94. The Balaban J connectivity index is 1.98. The molecule has 1 heterocycles. The zero-order valence-electron chi connectivity index (χ0n) is 19.9. The van der Waals surface area contributed by atoms with Crippen LogP contribution >= 0.6 is 23.2 Å². The molecule has 5 nitrogen and oxygen atoms in total. The van der Waals surface area contributed by atoms with Gasteiger partial charge in [0.2, 0.25) is 0 Å². The molecule has 0 N–H and O–H groups in total. The van der Waals surface area contributed by atoms with Gasteiger partial charge in [-0.3, -0.25) is 14.2 Å². The Morgan fingerprint density at radius 1 is 1.00 bits per heavy atom. The van der Waals surface area contributed by atoms with Gasteiger partial charge in [0, 0.05) is 11.6 Å². The van der Waals surface area contributed by atoms with Crippen molar-refractivity contribution in [3.8, 4) is 5.69 Å². The van der Waals surface area contributed by atoms with E-state index in [4.69, 9.17) is 28.2 Å². The summed E-state index contributed by atoms with van der Waals surface area (Å²) in [7, 11) is 0. The molecule has 0 radical (unpaired) electrons. The minimum absolute atomic E-state index is 0.183. The molecule has 1 atom stereocenters. The summed E-state index contributed by atoms with van der Waals surface area (Å²) in [5.41, 5.74) is 1.40. The maximum Gasteiger partial charge on any atom is 0.266 e. The minimum Gasteiger partial charge on any atom is -0.328 e. The van der Waals surface area contributed by atoms with Crippen molar-refractivity contribution in [2.24, 2.45) is 5.92 Å². The van der Waals surface area contributed by atoms with Gasteiger partial charge >= 0.3 is 0 Å². The van der Waals surface area contributed by atoms with Crippen LogP contribution < -0.4 is 5.56 Å². The Hall–Kier alpha value is -3.15. The number of rotatable bonds is 7. The van der Waals surface area contributed by atoms with Crippen LogP contribution in [0, 0.1) is 5.92 Å².